The molecule has 4 rings (SSSR count). The number of hydrogen-bond donors (Lipinski definition) is 4. The maximum Gasteiger partial charge on any atom is 0.271 e. The summed E-state index contributed by atoms with van der Waals surface area (Å²) in [7, 11) is -4.50. The van der Waals surface area contributed by atoms with Crippen molar-refractivity contribution >= 4 is 32.9 Å². The van der Waals surface area contributed by atoms with Crippen LogP contribution in [0.15, 0.2) is 55.0 Å². The van der Waals surface area contributed by atoms with Crippen LogP contribution in [0.2, 0.25) is 0 Å². The second-order valence-corrected chi connectivity index (χ2v) is 9.67. The third-order valence-electron chi connectivity index (χ3n) is 5.82. The molecule has 182 valence electrons. The number of nitrogens with zero attached hydrogens (tertiary/aromatic N) is 2. The Morgan fingerprint density at radius 2 is 2.03 bits per heavy atom. The number of pyridine rings is 2. The molecule has 1 atom stereocenters. The number of benzene rings is 1. The van der Waals surface area contributed by atoms with Gasteiger partial charge in [0.15, 0.2) is 0 Å². The first-order chi connectivity index (χ1) is 16.7. The van der Waals surface area contributed by atoms with Crippen molar-refractivity contribution in [1.29, 1.82) is 0 Å². The van der Waals surface area contributed by atoms with Crippen LogP contribution in [0, 0.1) is 5.82 Å². The normalized spacial score (nSPS) is 12.5. The molecule has 35 heavy (non-hydrogen) atoms. The fourth-order valence-corrected chi connectivity index (χ4v) is 5.05. The Hall–Kier alpha value is -3.83. The van der Waals surface area contributed by atoms with Crippen LogP contribution in [0.4, 0.5) is 10.2 Å². The SMILES string of the molecule is CCC(c1ccc(C(N)=O)c(F)c1CNc1ccc(Cc2c[nH]c3ncccc23)cn1)S(=O)(=O)O. The maximum absolute atomic E-state index is 15.1. The summed E-state index contributed by atoms with van der Waals surface area (Å²) in [4.78, 5) is 23.4. The molecule has 3 aromatic heterocycles. The molecule has 0 aliphatic rings. The van der Waals surface area contributed by atoms with Gasteiger partial charge in [-0.1, -0.05) is 19.1 Å². The smallest absolute Gasteiger partial charge is 0.271 e. The van der Waals surface area contributed by atoms with Crippen molar-refractivity contribution in [2.75, 3.05) is 5.32 Å². The van der Waals surface area contributed by atoms with Crippen molar-refractivity contribution in [2.24, 2.45) is 5.73 Å². The monoisotopic (exact) mass is 497 g/mol. The summed E-state index contributed by atoms with van der Waals surface area (Å²) in [6.45, 7) is 1.38. The summed E-state index contributed by atoms with van der Waals surface area (Å²) >= 11 is 0. The number of rotatable bonds is 9. The number of hydrogen-bond acceptors (Lipinski definition) is 6. The number of H-pyrrole nitrogens is 1. The molecule has 0 fully saturated rings. The number of aromatic amines is 1. The molecular formula is C24H24FN5O4S. The number of nitrogens with two attached hydrogens (primary N) is 1. The van der Waals surface area contributed by atoms with Crippen molar-refractivity contribution in [3.05, 3.63) is 88.6 Å². The van der Waals surface area contributed by atoms with E-state index < -0.39 is 27.1 Å². The summed E-state index contributed by atoms with van der Waals surface area (Å²) < 4.78 is 48.5. The lowest BCUT2D eigenvalue weighted by molar-refractivity contribution is 0.0996. The number of amides is 1. The predicted octanol–water partition coefficient (Wildman–Crippen LogP) is 3.74. The van der Waals surface area contributed by atoms with Gasteiger partial charge in [0.25, 0.3) is 16.0 Å². The third kappa shape index (κ3) is 5.15. The number of primary amides is 1. The molecule has 0 saturated carbocycles. The van der Waals surface area contributed by atoms with E-state index in [2.05, 4.69) is 20.3 Å². The maximum atomic E-state index is 15.1. The van der Waals surface area contributed by atoms with Gasteiger partial charge in [0.05, 0.1) is 5.56 Å². The van der Waals surface area contributed by atoms with Gasteiger partial charge in [-0.15, -0.1) is 0 Å². The Morgan fingerprint density at radius 1 is 1.23 bits per heavy atom. The predicted molar refractivity (Wildman–Crippen MR) is 130 cm³/mol. The first-order valence-electron chi connectivity index (χ1n) is 10.9. The fraction of sp³-hybridized carbons (Fsp3) is 0.208. The Balaban J connectivity index is 1.56. The Kier molecular flexibility index (Phi) is 6.81. The minimum Gasteiger partial charge on any atom is -0.366 e. The summed E-state index contributed by atoms with van der Waals surface area (Å²) in [6, 6.07) is 9.87. The summed E-state index contributed by atoms with van der Waals surface area (Å²) in [6.07, 6.45) is 5.94. The lowest BCUT2D eigenvalue weighted by atomic mass is 9.98. The van der Waals surface area contributed by atoms with Crippen molar-refractivity contribution < 1.29 is 22.2 Å². The van der Waals surface area contributed by atoms with Crippen LogP contribution >= 0.6 is 0 Å². The van der Waals surface area contributed by atoms with Crippen molar-refractivity contribution in [2.45, 2.75) is 31.6 Å². The highest BCUT2D eigenvalue weighted by molar-refractivity contribution is 7.86. The minimum absolute atomic E-state index is 0.0114. The van der Waals surface area contributed by atoms with Gasteiger partial charge in [0, 0.05) is 42.5 Å². The molecule has 1 amide bonds. The molecule has 0 aliphatic carbocycles. The molecule has 5 N–H and O–H groups in total. The lowest BCUT2D eigenvalue weighted by Crippen LogP contribution is -2.20. The molecule has 11 heteroatoms. The number of fused-ring (bicyclic) bond motifs is 1. The topological polar surface area (TPSA) is 151 Å². The van der Waals surface area contributed by atoms with E-state index in [1.807, 2.05) is 24.4 Å². The van der Waals surface area contributed by atoms with Crippen LogP contribution < -0.4 is 11.1 Å². The van der Waals surface area contributed by atoms with E-state index in [-0.39, 0.29) is 29.7 Å². The molecule has 3 heterocycles. The third-order valence-corrected chi connectivity index (χ3v) is 7.13. The van der Waals surface area contributed by atoms with E-state index in [4.69, 9.17) is 5.73 Å². The molecule has 9 nitrogen and oxygen atoms in total. The highest BCUT2D eigenvalue weighted by atomic mass is 32.2. The second kappa shape index (κ2) is 9.80. The van der Waals surface area contributed by atoms with Gasteiger partial charge in [0.1, 0.15) is 22.5 Å². The highest BCUT2D eigenvalue weighted by Gasteiger charge is 2.28. The molecule has 0 saturated heterocycles. The van der Waals surface area contributed by atoms with Gasteiger partial charge in [-0.2, -0.15) is 8.42 Å². The van der Waals surface area contributed by atoms with Crippen molar-refractivity contribution in [1.82, 2.24) is 15.0 Å². The fourth-order valence-electron chi connectivity index (χ4n) is 4.09. The van der Waals surface area contributed by atoms with Gasteiger partial charge >= 0.3 is 0 Å². The number of carbonyl (C=O) groups is 1. The number of nitrogens with one attached hydrogen (secondary N) is 2. The zero-order chi connectivity index (χ0) is 25.2. The highest BCUT2D eigenvalue weighted by Crippen LogP contribution is 2.31. The van der Waals surface area contributed by atoms with E-state index in [0.29, 0.717) is 12.2 Å². The van der Waals surface area contributed by atoms with Crippen LogP contribution in [-0.2, 0) is 23.1 Å². The molecule has 1 aromatic carbocycles. The molecular weight excluding hydrogens is 473 g/mol. The molecule has 1 unspecified atom stereocenters. The number of halogens is 1. The number of anilines is 1. The van der Waals surface area contributed by atoms with Crippen LogP contribution in [0.25, 0.3) is 11.0 Å². The average Bonchev–Trinajstić information content (AvgIpc) is 3.22. The second-order valence-electron chi connectivity index (χ2n) is 8.07. The van der Waals surface area contributed by atoms with Crippen LogP contribution in [0.5, 0.6) is 0 Å². The van der Waals surface area contributed by atoms with Crippen molar-refractivity contribution in [3.8, 4) is 0 Å². The largest absolute Gasteiger partial charge is 0.366 e. The average molecular weight is 498 g/mol. The zero-order valence-corrected chi connectivity index (χ0v) is 19.6. The molecule has 0 aliphatic heterocycles. The summed E-state index contributed by atoms with van der Waals surface area (Å²) in [5.41, 5.74) is 7.68. The molecule has 0 bridgehead atoms. The van der Waals surface area contributed by atoms with E-state index in [1.165, 1.54) is 6.07 Å². The van der Waals surface area contributed by atoms with Gasteiger partial charge in [0.2, 0.25) is 0 Å². The van der Waals surface area contributed by atoms with Gasteiger partial charge in [-0.05, 0) is 47.4 Å². The zero-order valence-electron chi connectivity index (χ0n) is 18.8. The Labute approximate surface area is 201 Å². The van der Waals surface area contributed by atoms with Gasteiger partial charge in [-0.3, -0.25) is 9.35 Å². The van der Waals surface area contributed by atoms with Gasteiger partial charge < -0.3 is 16.0 Å². The quantitative estimate of drug-likeness (QED) is 0.257. The number of carbonyl (C=O) groups excluding carboxylic acids is 1. The van der Waals surface area contributed by atoms with E-state index in [0.717, 1.165) is 28.2 Å². The molecule has 0 radical (unpaired) electrons. The standard InChI is InChI=1S/C24H24FN5O4S/c1-2-20(35(32,33)34)17-6-7-18(23(26)31)22(25)19(17)13-29-21-8-5-14(11-28-21)10-15-12-30-24-16(15)4-3-9-27-24/h3-9,11-12,20H,2,10,13H2,1H3,(H2,26,31)(H,27,30)(H,28,29)(H,32,33,34). The van der Waals surface area contributed by atoms with Gasteiger partial charge in [-0.25, -0.2) is 14.4 Å². The number of aromatic nitrogens is 3. The van der Waals surface area contributed by atoms with E-state index >= 15 is 4.39 Å². The lowest BCUT2D eigenvalue weighted by Gasteiger charge is -2.19. The van der Waals surface area contributed by atoms with E-state index in [1.54, 1.807) is 25.4 Å². The first kappa shape index (κ1) is 24.3. The van der Waals surface area contributed by atoms with Crippen molar-refractivity contribution in [3.63, 3.8) is 0 Å². The summed E-state index contributed by atoms with van der Waals surface area (Å²) in [5, 5.41) is 2.63. The molecule has 4 aromatic rings. The van der Waals surface area contributed by atoms with Crippen LogP contribution in [-0.4, -0.2) is 33.8 Å². The Bertz CT molecular complexity index is 1490. The Morgan fingerprint density at radius 3 is 2.69 bits per heavy atom. The first-order valence-corrected chi connectivity index (χ1v) is 12.4. The van der Waals surface area contributed by atoms with E-state index in [9.17, 15) is 17.8 Å². The molecule has 0 spiro atoms. The summed E-state index contributed by atoms with van der Waals surface area (Å²) in [5.74, 6) is -1.50. The minimum atomic E-state index is -4.50. The van der Waals surface area contributed by atoms with Crippen LogP contribution in [0.1, 0.15) is 51.2 Å². The van der Waals surface area contributed by atoms with Crippen LogP contribution in [0.3, 0.4) is 0 Å².